The second kappa shape index (κ2) is 7.81. The highest BCUT2D eigenvalue weighted by Crippen LogP contribution is 2.40. The molecule has 0 saturated carbocycles. The Balaban J connectivity index is 1.39. The van der Waals surface area contributed by atoms with E-state index in [1.807, 2.05) is 15.9 Å². The Bertz CT molecular complexity index is 1210. The van der Waals surface area contributed by atoms with Crippen molar-refractivity contribution in [2.24, 2.45) is 0 Å². The quantitative estimate of drug-likeness (QED) is 0.489. The minimum Gasteiger partial charge on any atom is -0.353 e. The van der Waals surface area contributed by atoms with Gasteiger partial charge in [0.1, 0.15) is 10.6 Å². The van der Waals surface area contributed by atoms with Crippen molar-refractivity contribution >= 4 is 33.1 Å². The SMILES string of the molecule is CCN1CCN(c2nc3nnnn3c3sc4c(c23)CCN(Cc2ccccc2)C4)CC1. The van der Waals surface area contributed by atoms with Crippen LogP contribution >= 0.6 is 11.3 Å². The summed E-state index contributed by atoms with van der Waals surface area (Å²) in [7, 11) is 0. The molecule has 8 nitrogen and oxygen atoms in total. The monoisotopic (exact) mass is 434 g/mol. The Morgan fingerprint density at radius 2 is 1.84 bits per heavy atom. The van der Waals surface area contributed by atoms with Crippen LogP contribution in [0.4, 0.5) is 5.82 Å². The summed E-state index contributed by atoms with van der Waals surface area (Å²) in [6, 6.07) is 10.7. The number of rotatable bonds is 4. The molecule has 0 radical (unpaired) electrons. The van der Waals surface area contributed by atoms with E-state index in [-0.39, 0.29) is 0 Å². The van der Waals surface area contributed by atoms with Crippen molar-refractivity contribution in [1.82, 2.24) is 34.8 Å². The van der Waals surface area contributed by atoms with Crippen molar-refractivity contribution < 1.29 is 0 Å². The summed E-state index contributed by atoms with van der Waals surface area (Å²) in [5.41, 5.74) is 2.81. The van der Waals surface area contributed by atoms with Gasteiger partial charge in [-0.05, 0) is 34.5 Å². The number of aromatic nitrogens is 5. The summed E-state index contributed by atoms with van der Waals surface area (Å²) >= 11 is 1.83. The summed E-state index contributed by atoms with van der Waals surface area (Å²) in [4.78, 5) is 15.0. The standard InChI is InChI=1S/C22H26N8S/c1-2-27-10-12-29(13-11-27)20-19-17-8-9-28(14-16-6-4-3-5-7-16)15-18(17)31-21(19)30-22(23-20)24-25-26-30/h3-7H,2,8-15H2,1H3. The predicted molar refractivity (Wildman–Crippen MR) is 123 cm³/mol. The zero-order valence-corrected chi connectivity index (χ0v) is 18.6. The van der Waals surface area contributed by atoms with Crippen molar-refractivity contribution in [2.75, 3.05) is 44.2 Å². The highest BCUT2D eigenvalue weighted by molar-refractivity contribution is 7.19. The van der Waals surface area contributed by atoms with Gasteiger partial charge in [0.15, 0.2) is 0 Å². The van der Waals surface area contributed by atoms with Gasteiger partial charge >= 0.3 is 0 Å². The number of likely N-dealkylation sites (N-methyl/N-ethyl adjacent to an activating group) is 1. The van der Waals surface area contributed by atoms with E-state index < -0.39 is 0 Å². The van der Waals surface area contributed by atoms with Crippen LogP contribution in [0.1, 0.15) is 22.9 Å². The molecule has 0 spiro atoms. The Hall–Kier alpha value is -2.62. The van der Waals surface area contributed by atoms with E-state index in [1.54, 1.807) is 0 Å². The average Bonchev–Trinajstić information content (AvgIpc) is 3.43. The lowest BCUT2D eigenvalue weighted by molar-refractivity contribution is 0.249. The van der Waals surface area contributed by atoms with Gasteiger partial charge in [-0.1, -0.05) is 42.4 Å². The smallest absolute Gasteiger partial charge is 0.276 e. The molecular formula is C22H26N8S. The maximum absolute atomic E-state index is 4.93. The molecule has 1 saturated heterocycles. The molecule has 0 N–H and O–H groups in total. The third-order valence-corrected chi connectivity index (χ3v) is 7.75. The molecule has 2 aliphatic heterocycles. The van der Waals surface area contributed by atoms with Gasteiger partial charge in [0.05, 0.1) is 5.39 Å². The first-order valence-electron chi connectivity index (χ1n) is 11.1. The van der Waals surface area contributed by atoms with Crippen molar-refractivity contribution in [3.8, 4) is 0 Å². The Morgan fingerprint density at radius 1 is 1.00 bits per heavy atom. The van der Waals surface area contributed by atoms with Gasteiger partial charge < -0.3 is 9.80 Å². The topological polar surface area (TPSA) is 65.7 Å². The van der Waals surface area contributed by atoms with Gasteiger partial charge in [0.25, 0.3) is 5.78 Å². The fraction of sp³-hybridized carbons (Fsp3) is 0.455. The molecule has 31 heavy (non-hydrogen) atoms. The van der Waals surface area contributed by atoms with E-state index in [4.69, 9.17) is 4.98 Å². The number of benzene rings is 1. The zero-order chi connectivity index (χ0) is 20.8. The molecule has 2 aliphatic rings. The molecule has 0 atom stereocenters. The Labute approximate surface area is 185 Å². The number of piperazine rings is 1. The average molecular weight is 435 g/mol. The van der Waals surface area contributed by atoms with Crippen LogP contribution in [0, 0.1) is 0 Å². The largest absolute Gasteiger partial charge is 0.353 e. The van der Waals surface area contributed by atoms with Crippen molar-refractivity contribution in [3.05, 3.63) is 46.3 Å². The van der Waals surface area contributed by atoms with Gasteiger partial charge in [-0.2, -0.15) is 9.50 Å². The Morgan fingerprint density at radius 3 is 2.65 bits per heavy atom. The van der Waals surface area contributed by atoms with Gasteiger partial charge in [0.2, 0.25) is 0 Å². The summed E-state index contributed by atoms with van der Waals surface area (Å²) in [5.74, 6) is 1.67. The number of anilines is 1. The van der Waals surface area contributed by atoms with Gasteiger partial charge in [0, 0.05) is 50.7 Å². The van der Waals surface area contributed by atoms with E-state index in [2.05, 4.69) is 67.5 Å². The summed E-state index contributed by atoms with van der Waals surface area (Å²) in [6.07, 6.45) is 1.04. The highest BCUT2D eigenvalue weighted by Gasteiger charge is 2.28. The summed E-state index contributed by atoms with van der Waals surface area (Å²) in [5, 5.41) is 13.6. The lowest BCUT2D eigenvalue weighted by Crippen LogP contribution is -2.46. The lowest BCUT2D eigenvalue weighted by Gasteiger charge is -2.35. The summed E-state index contributed by atoms with van der Waals surface area (Å²) < 4.78 is 1.83. The van der Waals surface area contributed by atoms with Gasteiger partial charge in [-0.25, -0.2) is 0 Å². The fourth-order valence-corrected chi connectivity index (χ4v) is 6.17. The van der Waals surface area contributed by atoms with Crippen LogP contribution in [0.15, 0.2) is 30.3 Å². The second-order valence-electron chi connectivity index (χ2n) is 8.38. The van der Waals surface area contributed by atoms with E-state index in [1.165, 1.54) is 21.4 Å². The molecule has 0 amide bonds. The molecule has 9 heteroatoms. The van der Waals surface area contributed by atoms with Crippen molar-refractivity contribution in [3.63, 3.8) is 0 Å². The number of thiophene rings is 1. The maximum Gasteiger partial charge on any atom is 0.276 e. The molecule has 0 bridgehead atoms. The second-order valence-corrected chi connectivity index (χ2v) is 9.46. The minimum absolute atomic E-state index is 0.597. The molecule has 3 aromatic heterocycles. The first-order valence-corrected chi connectivity index (χ1v) is 11.9. The molecule has 1 aromatic carbocycles. The third kappa shape index (κ3) is 3.37. The predicted octanol–water partition coefficient (Wildman–Crippen LogP) is 2.43. The van der Waals surface area contributed by atoms with E-state index in [9.17, 15) is 0 Å². The number of hydrogen-bond acceptors (Lipinski definition) is 8. The van der Waals surface area contributed by atoms with E-state index >= 15 is 0 Å². The van der Waals surface area contributed by atoms with Crippen LogP contribution in [-0.4, -0.2) is 74.1 Å². The molecule has 6 rings (SSSR count). The number of nitrogens with zero attached hydrogens (tertiary/aromatic N) is 8. The van der Waals surface area contributed by atoms with Crippen LogP contribution in [0.2, 0.25) is 0 Å². The molecule has 4 aromatic rings. The van der Waals surface area contributed by atoms with E-state index in [0.29, 0.717) is 5.78 Å². The third-order valence-electron chi connectivity index (χ3n) is 6.56. The van der Waals surface area contributed by atoms with Crippen LogP contribution in [-0.2, 0) is 19.5 Å². The van der Waals surface area contributed by atoms with E-state index in [0.717, 1.165) is 69.4 Å². The van der Waals surface area contributed by atoms with Crippen LogP contribution < -0.4 is 4.90 Å². The highest BCUT2D eigenvalue weighted by atomic mass is 32.1. The van der Waals surface area contributed by atoms with Crippen LogP contribution in [0.5, 0.6) is 0 Å². The zero-order valence-electron chi connectivity index (χ0n) is 17.7. The first kappa shape index (κ1) is 19.1. The number of hydrogen-bond donors (Lipinski definition) is 0. The van der Waals surface area contributed by atoms with Gasteiger partial charge in [-0.15, -0.1) is 11.3 Å². The fourth-order valence-electron chi connectivity index (χ4n) is 4.84. The number of tetrazole rings is 1. The van der Waals surface area contributed by atoms with Crippen LogP contribution in [0.25, 0.3) is 16.0 Å². The minimum atomic E-state index is 0.597. The molecule has 160 valence electrons. The molecule has 0 aliphatic carbocycles. The summed E-state index contributed by atoms with van der Waals surface area (Å²) in [6.45, 7) is 10.5. The lowest BCUT2D eigenvalue weighted by atomic mass is 10.0. The maximum atomic E-state index is 4.93. The molecule has 5 heterocycles. The first-order chi connectivity index (χ1) is 15.3. The normalized spacial score (nSPS) is 18.2. The van der Waals surface area contributed by atoms with Gasteiger partial charge in [-0.3, -0.25) is 4.90 Å². The Kier molecular flexibility index (Phi) is 4.81. The number of fused-ring (bicyclic) bond motifs is 5. The van der Waals surface area contributed by atoms with Crippen molar-refractivity contribution in [1.29, 1.82) is 0 Å². The molecule has 1 fully saturated rings. The van der Waals surface area contributed by atoms with Crippen LogP contribution in [0.3, 0.4) is 0 Å². The van der Waals surface area contributed by atoms with Crippen molar-refractivity contribution in [2.45, 2.75) is 26.4 Å². The molecular weight excluding hydrogens is 408 g/mol. The molecule has 0 unspecified atom stereocenters.